The quantitative estimate of drug-likeness (QED) is 0.439. The summed E-state index contributed by atoms with van der Waals surface area (Å²) in [5.74, 6) is 0.656. The Morgan fingerprint density at radius 1 is 1.05 bits per heavy atom. The van der Waals surface area contributed by atoms with Gasteiger partial charge in [-0.2, -0.15) is 5.10 Å². The van der Waals surface area contributed by atoms with E-state index in [1.165, 1.54) is 5.56 Å². The van der Waals surface area contributed by atoms with Crippen LogP contribution in [0, 0.1) is 0 Å². The van der Waals surface area contributed by atoms with E-state index < -0.39 is 0 Å². The summed E-state index contributed by atoms with van der Waals surface area (Å²) in [6.45, 7) is 6.51. The van der Waals surface area contributed by atoms with Crippen molar-refractivity contribution in [2.45, 2.75) is 19.4 Å². The molecule has 2 aliphatic carbocycles. The summed E-state index contributed by atoms with van der Waals surface area (Å²) in [7, 11) is 2.16. The fourth-order valence-electron chi connectivity index (χ4n) is 5.45. The average Bonchev–Trinajstić information content (AvgIpc) is 3.63. The summed E-state index contributed by atoms with van der Waals surface area (Å²) in [5, 5.41) is 7.29. The minimum Gasteiger partial charge on any atom is -0.492 e. The SMILES string of the molecule is CN1CCN(CCOc2ccc3c(c2)C=C(C2=CC(NC(=O)c4cnn(Cc5ccccc5)c4)=CCC2=O)C3)CC1. The number of ether oxygens (including phenoxy) is 1. The van der Waals surface area contributed by atoms with Gasteiger partial charge in [0.1, 0.15) is 12.4 Å². The Balaban J connectivity index is 1.07. The van der Waals surface area contributed by atoms with E-state index in [4.69, 9.17) is 4.74 Å². The van der Waals surface area contributed by atoms with Gasteiger partial charge >= 0.3 is 0 Å². The highest BCUT2D eigenvalue weighted by Crippen LogP contribution is 2.34. The molecule has 0 radical (unpaired) electrons. The van der Waals surface area contributed by atoms with Gasteiger partial charge in [-0.05, 0) is 53.9 Å². The van der Waals surface area contributed by atoms with E-state index in [9.17, 15) is 9.59 Å². The number of benzene rings is 2. The Kier molecular flexibility index (Phi) is 7.93. The summed E-state index contributed by atoms with van der Waals surface area (Å²) < 4.78 is 7.82. The number of hydrogen-bond acceptors (Lipinski definition) is 6. The lowest BCUT2D eigenvalue weighted by molar-refractivity contribution is -0.114. The zero-order valence-corrected chi connectivity index (χ0v) is 23.4. The molecule has 2 heterocycles. The van der Waals surface area contributed by atoms with Crippen molar-refractivity contribution < 1.29 is 14.3 Å². The summed E-state index contributed by atoms with van der Waals surface area (Å²) in [5.41, 5.74) is 6.08. The second-order valence-corrected chi connectivity index (χ2v) is 10.9. The molecule has 1 aromatic heterocycles. The van der Waals surface area contributed by atoms with Crippen LogP contribution in [0.15, 0.2) is 89.9 Å². The van der Waals surface area contributed by atoms with Crippen molar-refractivity contribution in [3.05, 3.63) is 112 Å². The first kappa shape index (κ1) is 26.9. The maximum Gasteiger partial charge on any atom is 0.258 e. The van der Waals surface area contributed by atoms with Crippen LogP contribution in [0.3, 0.4) is 0 Å². The topological polar surface area (TPSA) is 79.7 Å². The molecule has 8 nitrogen and oxygen atoms in total. The molecule has 1 saturated heterocycles. The monoisotopic (exact) mass is 549 g/mol. The number of nitrogens with one attached hydrogen (secondary N) is 1. The molecular weight excluding hydrogens is 514 g/mol. The van der Waals surface area contributed by atoms with Gasteiger partial charge in [-0.25, -0.2) is 0 Å². The van der Waals surface area contributed by atoms with E-state index in [0.717, 1.165) is 55.2 Å². The largest absolute Gasteiger partial charge is 0.492 e. The third kappa shape index (κ3) is 6.56. The van der Waals surface area contributed by atoms with E-state index in [2.05, 4.69) is 45.5 Å². The molecular formula is C33H35N5O3. The number of nitrogens with zero attached hydrogens (tertiary/aromatic N) is 4. The predicted molar refractivity (Wildman–Crippen MR) is 159 cm³/mol. The van der Waals surface area contributed by atoms with Crippen LogP contribution in [-0.2, 0) is 17.8 Å². The first-order valence-corrected chi connectivity index (χ1v) is 14.2. The summed E-state index contributed by atoms with van der Waals surface area (Å²) >= 11 is 0. The molecule has 6 rings (SSSR count). The van der Waals surface area contributed by atoms with Crippen molar-refractivity contribution in [1.29, 1.82) is 0 Å². The van der Waals surface area contributed by atoms with Gasteiger partial charge in [0.05, 0.1) is 18.3 Å². The van der Waals surface area contributed by atoms with Gasteiger partial charge in [-0.1, -0.05) is 48.6 Å². The minimum absolute atomic E-state index is 0.0568. The number of hydrogen-bond donors (Lipinski definition) is 1. The molecule has 0 saturated carbocycles. The van der Waals surface area contributed by atoms with Crippen molar-refractivity contribution in [1.82, 2.24) is 24.9 Å². The number of carbonyl (C=O) groups is 2. The molecule has 1 N–H and O–H groups in total. The molecule has 210 valence electrons. The Hall–Kier alpha value is -4.27. The maximum atomic E-state index is 13.0. The molecule has 0 atom stereocenters. The van der Waals surface area contributed by atoms with Crippen LogP contribution in [0.1, 0.15) is 33.5 Å². The Morgan fingerprint density at radius 2 is 1.88 bits per heavy atom. The molecule has 2 aromatic carbocycles. The standard InChI is InChI=1S/C33H35N5O3/c1-36-11-13-37(14-12-36)15-16-41-30-9-7-25-17-27(18-26(25)19-30)31-20-29(8-10-32(31)39)35-33(40)28-21-34-38(23-28)22-24-5-3-2-4-6-24/h2-9,18-21,23H,10-17,22H2,1H3,(H,35,40). The van der Waals surface area contributed by atoms with Crippen LogP contribution in [0.25, 0.3) is 6.08 Å². The van der Waals surface area contributed by atoms with E-state index in [1.54, 1.807) is 29.2 Å². The number of likely N-dealkylation sites (N-methyl/N-ethyl adjacent to an activating group) is 1. The van der Waals surface area contributed by atoms with Gasteiger partial charge in [-0.3, -0.25) is 19.2 Å². The molecule has 3 aromatic rings. The minimum atomic E-state index is -0.248. The molecule has 1 aliphatic heterocycles. The normalized spacial score (nSPS) is 17.5. The van der Waals surface area contributed by atoms with Gasteiger partial charge in [0.25, 0.3) is 5.91 Å². The van der Waals surface area contributed by atoms with Crippen LogP contribution in [0.4, 0.5) is 0 Å². The third-order valence-electron chi connectivity index (χ3n) is 7.89. The van der Waals surface area contributed by atoms with Crippen LogP contribution in [0.5, 0.6) is 5.75 Å². The number of fused-ring (bicyclic) bond motifs is 1. The second-order valence-electron chi connectivity index (χ2n) is 10.9. The summed E-state index contributed by atoms with van der Waals surface area (Å²) in [4.78, 5) is 30.6. The van der Waals surface area contributed by atoms with Crippen molar-refractivity contribution in [3.8, 4) is 5.75 Å². The van der Waals surface area contributed by atoms with Gasteiger partial charge in [0.15, 0.2) is 5.78 Å². The molecule has 8 heteroatoms. The van der Waals surface area contributed by atoms with E-state index in [0.29, 0.717) is 36.4 Å². The number of Topliss-reactive ketones (excluding diaryl/α,β-unsaturated/α-hetero) is 1. The molecule has 3 aliphatic rings. The highest BCUT2D eigenvalue weighted by Gasteiger charge is 2.24. The number of amides is 1. The lowest BCUT2D eigenvalue weighted by Gasteiger charge is -2.32. The van der Waals surface area contributed by atoms with Crippen LogP contribution < -0.4 is 10.1 Å². The second kappa shape index (κ2) is 12.1. The zero-order valence-electron chi connectivity index (χ0n) is 23.4. The molecule has 0 unspecified atom stereocenters. The van der Waals surface area contributed by atoms with Crippen LogP contribution in [0.2, 0.25) is 0 Å². The smallest absolute Gasteiger partial charge is 0.258 e. The third-order valence-corrected chi connectivity index (χ3v) is 7.89. The van der Waals surface area contributed by atoms with Gasteiger partial charge in [-0.15, -0.1) is 0 Å². The zero-order chi connectivity index (χ0) is 28.2. The molecule has 0 spiro atoms. The highest BCUT2D eigenvalue weighted by molar-refractivity contribution is 6.04. The van der Waals surface area contributed by atoms with Crippen molar-refractivity contribution in [2.24, 2.45) is 0 Å². The average molecular weight is 550 g/mol. The highest BCUT2D eigenvalue weighted by atomic mass is 16.5. The van der Waals surface area contributed by atoms with Gasteiger partial charge < -0.3 is 15.0 Å². The maximum absolute atomic E-state index is 13.0. The first-order valence-electron chi connectivity index (χ1n) is 14.2. The lowest BCUT2D eigenvalue weighted by atomic mass is 9.93. The summed E-state index contributed by atoms with van der Waals surface area (Å²) in [6.07, 6.45) is 9.88. The predicted octanol–water partition coefficient (Wildman–Crippen LogP) is 3.71. The lowest BCUT2D eigenvalue weighted by Crippen LogP contribution is -2.45. The Labute approximate surface area is 240 Å². The van der Waals surface area contributed by atoms with Gasteiger partial charge in [0, 0.05) is 56.6 Å². The first-order chi connectivity index (χ1) is 20.0. The van der Waals surface area contributed by atoms with Crippen LogP contribution >= 0.6 is 0 Å². The number of carbonyl (C=O) groups excluding carboxylic acids is 2. The molecule has 1 fully saturated rings. The molecule has 0 bridgehead atoms. The van der Waals surface area contributed by atoms with E-state index >= 15 is 0 Å². The van der Waals surface area contributed by atoms with Crippen LogP contribution in [-0.4, -0.2) is 77.6 Å². The number of allylic oxidation sites excluding steroid dienone is 4. The Morgan fingerprint density at radius 3 is 2.71 bits per heavy atom. The summed E-state index contributed by atoms with van der Waals surface area (Å²) in [6, 6.07) is 16.1. The number of piperazine rings is 1. The van der Waals surface area contributed by atoms with E-state index in [1.807, 2.05) is 36.4 Å². The van der Waals surface area contributed by atoms with Crippen molar-refractivity contribution >= 4 is 17.8 Å². The fourth-order valence-corrected chi connectivity index (χ4v) is 5.45. The van der Waals surface area contributed by atoms with Gasteiger partial charge in [0.2, 0.25) is 0 Å². The number of aromatic nitrogens is 2. The van der Waals surface area contributed by atoms with E-state index in [-0.39, 0.29) is 18.1 Å². The van der Waals surface area contributed by atoms with Crippen molar-refractivity contribution in [3.63, 3.8) is 0 Å². The Bertz CT molecular complexity index is 1530. The molecule has 41 heavy (non-hydrogen) atoms. The fraction of sp³-hybridized carbons (Fsp3) is 0.303. The van der Waals surface area contributed by atoms with Crippen molar-refractivity contribution in [2.75, 3.05) is 46.4 Å². The number of rotatable bonds is 9. The molecule has 1 amide bonds. The number of ketones is 1.